The largest absolute Gasteiger partial charge is 0.492 e. The minimum absolute atomic E-state index is 0.195. The second-order valence-electron chi connectivity index (χ2n) is 7.30. The van der Waals surface area contributed by atoms with Gasteiger partial charge < -0.3 is 15.0 Å². The summed E-state index contributed by atoms with van der Waals surface area (Å²) >= 11 is 0. The van der Waals surface area contributed by atoms with Gasteiger partial charge in [-0.1, -0.05) is 6.07 Å². The number of imidazole rings is 1. The van der Waals surface area contributed by atoms with Crippen molar-refractivity contribution in [2.24, 2.45) is 0 Å². The van der Waals surface area contributed by atoms with Crippen molar-refractivity contribution in [3.63, 3.8) is 0 Å². The summed E-state index contributed by atoms with van der Waals surface area (Å²) in [7, 11) is 1.85. The predicted molar refractivity (Wildman–Crippen MR) is 110 cm³/mol. The Hall–Kier alpha value is -3.53. The van der Waals surface area contributed by atoms with Gasteiger partial charge >= 0.3 is 0 Å². The van der Waals surface area contributed by atoms with Crippen LogP contribution in [0, 0.1) is 5.82 Å². The number of carbonyl (C=O) groups is 2. The second kappa shape index (κ2) is 9.09. The van der Waals surface area contributed by atoms with E-state index in [1.807, 2.05) is 11.9 Å². The number of piperazine rings is 1. The number of fused-ring (bicyclic) bond motifs is 1. The molecule has 1 aromatic carbocycles. The van der Waals surface area contributed by atoms with E-state index in [-0.39, 0.29) is 37.3 Å². The van der Waals surface area contributed by atoms with Crippen LogP contribution < -0.4 is 10.1 Å². The first-order chi connectivity index (χ1) is 15.0. The lowest BCUT2D eigenvalue weighted by molar-refractivity contribution is -0.127. The van der Waals surface area contributed by atoms with Gasteiger partial charge in [-0.15, -0.1) is 0 Å². The minimum Gasteiger partial charge on any atom is -0.492 e. The van der Waals surface area contributed by atoms with Crippen LogP contribution in [0.4, 0.5) is 4.39 Å². The van der Waals surface area contributed by atoms with Gasteiger partial charge in [-0.25, -0.2) is 14.4 Å². The quantitative estimate of drug-likeness (QED) is 0.587. The first-order valence-corrected chi connectivity index (χ1v) is 9.96. The van der Waals surface area contributed by atoms with Gasteiger partial charge in [0.25, 0.3) is 5.91 Å². The standard InChI is InChI=1S/C21H23FN6O3/c1-26-9-10-27(20(30)17-13-28-8-3-6-24-21(28)25-17)14-18(26)19(29)23-7-11-31-16-5-2-4-15(22)12-16/h2-6,8,12-13,18H,7,9-11,14H2,1H3,(H,23,29)/t18-/m0/s1. The zero-order valence-electron chi connectivity index (χ0n) is 17.1. The van der Waals surface area contributed by atoms with Crippen molar-refractivity contribution in [2.75, 3.05) is 39.8 Å². The van der Waals surface area contributed by atoms with E-state index in [2.05, 4.69) is 15.3 Å². The molecule has 3 heterocycles. The maximum Gasteiger partial charge on any atom is 0.274 e. The average Bonchev–Trinajstić information content (AvgIpc) is 3.21. The van der Waals surface area contributed by atoms with Crippen molar-refractivity contribution in [3.8, 4) is 5.75 Å². The van der Waals surface area contributed by atoms with E-state index < -0.39 is 6.04 Å². The molecule has 0 aliphatic carbocycles. The Morgan fingerprint density at radius 1 is 1.29 bits per heavy atom. The summed E-state index contributed by atoms with van der Waals surface area (Å²) in [5.41, 5.74) is 0.297. The summed E-state index contributed by atoms with van der Waals surface area (Å²) in [6.45, 7) is 1.81. The van der Waals surface area contributed by atoms with Crippen molar-refractivity contribution in [1.29, 1.82) is 0 Å². The van der Waals surface area contributed by atoms with Crippen molar-refractivity contribution in [3.05, 3.63) is 60.4 Å². The Bertz CT molecular complexity index is 1050. The molecule has 9 nitrogen and oxygen atoms in total. The number of halogens is 1. The number of benzene rings is 1. The monoisotopic (exact) mass is 426 g/mol. The Labute approximate surface area is 178 Å². The number of amides is 2. The summed E-state index contributed by atoms with van der Waals surface area (Å²) < 4.78 is 20.3. The fourth-order valence-corrected chi connectivity index (χ4v) is 3.45. The third-order valence-corrected chi connectivity index (χ3v) is 5.16. The summed E-state index contributed by atoms with van der Waals surface area (Å²) in [4.78, 5) is 37.5. The van der Waals surface area contributed by atoms with Gasteiger partial charge in [0.05, 0.1) is 6.54 Å². The van der Waals surface area contributed by atoms with E-state index in [9.17, 15) is 14.0 Å². The van der Waals surface area contributed by atoms with Crippen LogP contribution in [0.3, 0.4) is 0 Å². The average molecular weight is 426 g/mol. The molecule has 1 N–H and O–H groups in total. The Balaban J connectivity index is 1.32. The fraction of sp³-hybridized carbons (Fsp3) is 0.333. The van der Waals surface area contributed by atoms with Crippen molar-refractivity contribution >= 4 is 17.6 Å². The molecule has 1 fully saturated rings. The topological polar surface area (TPSA) is 92.1 Å². The number of carbonyl (C=O) groups excluding carboxylic acids is 2. The van der Waals surface area contributed by atoms with Gasteiger partial charge in [0.15, 0.2) is 0 Å². The van der Waals surface area contributed by atoms with Gasteiger partial charge in [-0.2, -0.15) is 0 Å². The predicted octanol–water partition coefficient (Wildman–Crippen LogP) is 0.820. The smallest absolute Gasteiger partial charge is 0.274 e. The Morgan fingerprint density at radius 3 is 2.97 bits per heavy atom. The lowest BCUT2D eigenvalue weighted by atomic mass is 10.1. The summed E-state index contributed by atoms with van der Waals surface area (Å²) in [6, 6.07) is 7.11. The number of rotatable bonds is 6. The van der Waals surface area contributed by atoms with Crippen molar-refractivity contribution < 1.29 is 18.7 Å². The SMILES string of the molecule is CN1CCN(C(=O)c2cn3cccnc3n2)C[C@H]1C(=O)NCCOc1cccc(F)c1. The van der Waals surface area contributed by atoms with Crippen LogP contribution in [-0.4, -0.2) is 81.9 Å². The molecule has 3 aromatic rings. The molecule has 2 aromatic heterocycles. The number of likely N-dealkylation sites (N-methyl/N-ethyl adjacent to an activating group) is 1. The number of hydrogen-bond donors (Lipinski definition) is 1. The molecule has 1 atom stereocenters. The normalized spacial score (nSPS) is 17.0. The molecule has 0 spiro atoms. The number of nitrogens with zero attached hydrogens (tertiary/aromatic N) is 5. The second-order valence-corrected chi connectivity index (χ2v) is 7.30. The molecule has 31 heavy (non-hydrogen) atoms. The third kappa shape index (κ3) is 4.80. The maximum atomic E-state index is 13.2. The van der Waals surface area contributed by atoms with E-state index in [0.717, 1.165) is 0 Å². The molecule has 2 amide bonds. The Kier molecular flexibility index (Phi) is 6.08. The van der Waals surface area contributed by atoms with Crippen LogP contribution in [0.5, 0.6) is 5.75 Å². The van der Waals surface area contributed by atoms with E-state index >= 15 is 0 Å². The molecule has 0 bridgehead atoms. The van der Waals surface area contributed by atoms with E-state index in [4.69, 9.17) is 4.74 Å². The molecule has 1 aliphatic heterocycles. The van der Waals surface area contributed by atoms with Crippen LogP contribution >= 0.6 is 0 Å². The summed E-state index contributed by atoms with van der Waals surface area (Å²) in [5.74, 6) is 0.0529. The highest BCUT2D eigenvalue weighted by molar-refractivity contribution is 5.93. The Morgan fingerprint density at radius 2 is 2.16 bits per heavy atom. The van der Waals surface area contributed by atoms with Crippen molar-refractivity contribution in [2.45, 2.75) is 6.04 Å². The number of ether oxygens (including phenoxy) is 1. The van der Waals surface area contributed by atoms with Crippen molar-refractivity contribution in [1.82, 2.24) is 29.5 Å². The highest BCUT2D eigenvalue weighted by Crippen LogP contribution is 2.13. The van der Waals surface area contributed by atoms with Gasteiger partial charge in [-0.05, 0) is 25.2 Å². The molecular weight excluding hydrogens is 403 g/mol. The van der Waals surface area contributed by atoms with E-state index in [1.165, 1.54) is 12.1 Å². The van der Waals surface area contributed by atoms with Crippen LogP contribution in [0.15, 0.2) is 48.9 Å². The first kappa shape index (κ1) is 20.7. The van der Waals surface area contributed by atoms with Crippen LogP contribution in [-0.2, 0) is 4.79 Å². The molecule has 162 valence electrons. The van der Waals surface area contributed by atoms with Gasteiger partial charge in [-0.3, -0.25) is 18.9 Å². The highest BCUT2D eigenvalue weighted by Gasteiger charge is 2.33. The highest BCUT2D eigenvalue weighted by atomic mass is 19.1. The van der Waals surface area contributed by atoms with Gasteiger partial charge in [0.2, 0.25) is 11.7 Å². The molecule has 0 unspecified atom stereocenters. The molecule has 0 radical (unpaired) electrons. The van der Waals surface area contributed by atoms with Crippen LogP contribution in [0.25, 0.3) is 5.78 Å². The van der Waals surface area contributed by atoms with Crippen LogP contribution in [0.1, 0.15) is 10.5 Å². The zero-order chi connectivity index (χ0) is 21.8. The summed E-state index contributed by atoms with van der Waals surface area (Å²) in [6.07, 6.45) is 5.03. The third-order valence-electron chi connectivity index (χ3n) is 5.16. The number of nitrogens with one attached hydrogen (secondary N) is 1. The molecule has 0 saturated carbocycles. The molecule has 1 saturated heterocycles. The molecule has 10 heteroatoms. The molecule has 4 rings (SSSR count). The number of hydrogen-bond acceptors (Lipinski definition) is 6. The lowest BCUT2D eigenvalue weighted by Gasteiger charge is -2.38. The summed E-state index contributed by atoms with van der Waals surface area (Å²) in [5, 5.41) is 2.82. The first-order valence-electron chi connectivity index (χ1n) is 9.96. The van der Waals surface area contributed by atoms with E-state index in [0.29, 0.717) is 30.3 Å². The van der Waals surface area contributed by atoms with Crippen LogP contribution in [0.2, 0.25) is 0 Å². The zero-order valence-corrected chi connectivity index (χ0v) is 17.1. The molecule has 1 aliphatic rings. The molecular formula is C21H23FN6O3. The fourth-order valence-electron chi connectivity index (χ4n) is 3.45. The van der Waals surface area contributed by atoms with E-state index in [1.54, 1.807) is 46.1 Å². The maximum absolute atomic E-state index is 13.2. The lowest BCUT2D eigenvalue weighted by Crippen LogP contribution is -2.59. The van der Waals surface area contributed by atoms with Gasteiger partial charge in [0, 0.05) is 44.3 Å². The minimum atomic E-state index is -0.484. The van der Waals surface area contributed by atoms with Gasteiger partial charge in [0.1, 0.15) is 29.9 Å². The number of aromatic nitrogens is 3.